The predicted molar refractivity (Wildman–Crippen MR) is 114 cm³/mol. The first-order chi connectivity index (χ1) is 12.9. The van der Waals surface area contributed by atoms with E-state index in [-0.39, 0.29) is 11.8 Å². The van der Waals surface area contributed by atoms with E-state index in [0.717, 1.165) is 37.2 Å². The van der Waals surface area contributed by atoms with Crippen LogP contribution in [-0.4, -0.2) is 30.9 Å². The van der Waals surface area contributed by atoms with Crippen molar-refractivity contribution in [1.29, 1.82) is 0 Å². The Kier molecular flexibility index (Phi) is 6.46. The van der Waals surface area contributed by atoms with Crippen molar-refractivity contribution in [2.75, 3.05) is 25.0 Å². The molecular weight excluding hydrogens is 379 g/mol. The number of hydrogen-bond donors (Lipinski definition) is 0. The summed E-state index contributed by atoms with van der Waals surface area (Å²) in [7, 11) is 1.87. The first kappa shape index (κ1) is 20.2. The summed E-state index contributed by atoms with van der Waals surface area (Å²) in [5, 5.41) is 1.37. The van der Waals surface area contributed by atoms with E-state index >= 15 is 0 Å². The van der Waals surface area contributed by atoms with Gasteiger partial charge < -0.3 is 4.90 Å². The van der Waals surface area contributed by atoms with Gasteiger partial charge in [0.2, 0.25) is 5.91 Å². The van der Waals surface area contributed by atoms with Crippen LogP contribution in [0.25, 0.3) is 0 Å². The minimum absolute atomic E-state index is 0.00776. The molecule has 0 aliphatic carbocycles. The Balaban J connectivity index is 1.69. The van der Waals surface area contributed by atoms with Crippen LogP contribution in [0.4, 0.5) is 5.69 Å². The molecule has 5 heteroatoms. The van der Waals surface area contributed by atoms with Crippen molar-refractivity contribution in [2.24, 2.45) is 5.92 Å². The van der Waals surface area contributed by atoms with Crippen LogP contribution >= 0.6 is 23.2 Å². The van der Waals surface area contributed by atoms with Crippen LogP contribution in [0.15, 0.2) is 36.4 Å². The normalized spacial score (nSPS) is 17.7. The molecule has 1 amide bonds. The molecule has 0 saturated carbocycles. The maximum absolute atomic E-state index is 13.1. The molecule has 1 heterocycles. The summed E-state index contributed by atoms with van der Waals surface area (Å²) in [6, 6.07) is 11.8. The van der Waals surface area contributed by atoms with Crippen molar-refractivity contribution >= 4 is 34.8 Å². The van der Waals surface area contributed by atoms with Gasteiger partial charge in [0.25, 0.3) is 0 Å². The first-order valence-corrected chi connectivity index (χ1v) is 10.1. The number of nitrogens with zero attached hydrogens (tertiary/aromatic N) is 2. The molecular formula is C22H26Cl2N2O. The molecule has 27 heavy (non-hydrogen) atoms. The Morgan fingerprint density at radius 1 is 1.15 bits per heavy atom. The highest BCUT2D eigenvalue weighted by molar-refractivity contribution is 6.35. The topological polar surface area (TPSA) is 23.6 Å². The number of likely N-dealkylation sites (tertiary alicyclic amines) is 1. The zero-order chi connectivity index (χ0) is 19.6. The highest BCUT2D eigenvalue weighted by Crippen LogP contribution is 2.29. The van der Waals surface area contributed by atoms with Crippen LogP contribution in [0.1, 0.15) is 29.5 Å². The summed E-state index contributed by atoms with van der Waals surface area (Å²) in [5.74, 6) is 0.167. The Bertz CT molecular complexity index is 817. The molecule has 2 aromatic carbocycles. The smallest absolute Gasteiger partial charge is 0.231 e. The molecule has 0 unspecified atom stereocenters. The van der Waals surface area contributed by atoms with Crippen molar-refractivity contribution in [3.8, 4) is 0 Å². The molecule has 1 aliphatic heterocycles. The van der Waals surface area contributed by atoms with Crippen LogP contribution in [0.5, 0.6) is 0 Å². The van der Waals surface area contributed by atoms with E-state index in [1.165, 1.54) is 11.1 Å². The third-order valence-electron chi connectivity index (χ3n) is 5.51. The SMILES string of the molecule is Cc1ccc(N(C)C(=O)[C@@H]2CCCN(Cc3c(Cl)cccc3Cl)C2)cc1C. The van der Waals surface area contributed by atoms with Crippen molar-refractivity contribution in [3.63, 3.8) is 0 Å². The van der Waals surface area contributed by atoms with Gasteiger partial charge in [-0.25, -0.2) is 0 Å². The lowest BCUT2D eigenvalue weighted by Crippen LogP contribution is -2.43. The van der Waals surface area contributed by atoms with E-state index in [1.54, 1.807) is 4.90 Å². The third kappa shape index (κ3) is 4.66. The van der Waals surface area contributed by atoms with Gasteiger partial charge in [0.1, 0.15) is 0 Å². The molecule has 3 rings (SSSR count). The summed E-state index contributed by atoms with van der Waals surface area (Å²) in [4.78, 5) is 17.2. The van der Waals surface area contributed by atoms with Crippen LogP contribution < -0.4 is 4.90 Å². The largest absolute Gasteiger partial charge is 0.315 e. The van der Waals surface area contributed by atoms with Gasteiger partial charge in [-0.1, -0.05) is 35.3 Å². The molecule has 1 saturated heterocycles. The standard InChI is InChI=1S/C22H26Cl2N2O/c1-15-9-10-18(12-16(15)2)25(3)22(27)17-6-5-11-26(13-17)14-19-20(23)7-4-8-21(19)24/h4,7-10,12,17H,5-6,11,13-14H2,1-3H3/t17-/m1/s1. The van der Waals surface area contributed by atoms with Gasteiger partial charge >= 0.3 is 0 Å². The lowest BCUT2D eigenvalue weighted by Gasteiger charge is -2.34. The monoisotopic (exact) mass is 404 g/mol. The summed E-state index contributed by atoms with van der Waals surface area (Å²) in [5.41, 5.74) is 4.33. The molecule has 0 radical (unpaired) electrons. The molecule has 0 N–H and O–H groups in total. The zero-order valence-electron chi connectivity index (χ0n) is 16.1. The second-order valence-electron chi connectivity index (χ2n) is 7.44. The van der Waals surface area contributed by atoms with Crippen molar-refractivity contribution in [3.05, 3.63) is 63.1 Å². The molecule has 1 atom stereocenters. The highest BCUT2D eigenvalue weighted by Gasteiger charge is 2.29. The van der Waals surface area contributed by atoms with Gasteiger partial charge in [0.05, 0.1) is 5.92 Å². The second-order valence-corrected chi connectivity index (χ2v) is 8.25. The maximum atomic E-state index is 13.1. The lowest BCUT2D eigenvalue weighted by atomic mass is 9.95. The van der Waals surface area contributed by atoms with E-state index in [4.69, 9.17) is 23.2 Å². The van der Waals surface area contributed by atoms with Gasteiger partial charge in [-0.15, -0.1) is 0 Å². The van der Waals surface area contributed by atoms with Crippen molar-refractivity contribution < 1.29 is 4.79 Å². The zero-order valence-corrected chi connectivity index (χ0v) is 17.6. The molecule has 144 valence electrons. The highest BCUT2D eigenvalue weighted by atomic mass is 35.5. The van der Waals surface area contributed by atoms with Crippen LogP contribution in [0.2, 0.25) is 10.0 Å². The fraction of sp³-hybridized carbons (Fsp3) is 0.409. The number of amides is 1. The van der Waals surface area contributed by atoms with Crippen LogP contribution in [0, 0.1) is 19.8 Å². The number of anilines is 1. The van der Waals surface area contributed by atoms with E-state index in [1.807, 2.05) is 31.3 Å². The Morgan fingerprint density at radius 2 is 1.85 bits per heavy atom. The van der Waals surface area contributed by atoms with E-state index in [2.05, 4.69) is 30.9 Å². The number of rotatable bonds is 4. The molecule has 0 spiro atoms. The van der Waals surface area contributed by atoms with Crippen LogP contribution in [-0.2, 0) is 11.3 Å². The third-order valence-corrected chi connectivity index (χ3v) is 6.21. The minimum Gasteiger partial charge on any atom is -0.315 e. The van der Waals surface area contributed by atoms with Crippen molar-refractivity contribution in [1.82, 2.24) is 4.90 Å². The fourth-order valence-corrected chi connectivity index (χ4v) is 4.16. The summed E-state index contributed by atoms with van der Waals surface area (Å²) < 4.78 is 0. The molecule has 2 aromatic rings. The maximum Gasteiger partial charge on any atom is 0.231 e. The number of carbonyl (C=O) groups excluding carboxylic acids is 1. The number of piperidine rings is 1. The molecule has 1 fully saturated rings. The van der Waals surface area contributed by atoms with Crippen molar-refractivity contribution in [2.45, 2.75) is 33.2 Å². The number of hydrogen-bond acceptors (Lipinski definition) is 2. The molecule has 0 bridgehead atoms. The van der Waals surface area contributed by atoms with Gasteiger partial charge in [0.15, 0.2) is 0 Å². The average molecular weight is 405 g/mol. The molecule has 3 nitrogen and oxygen atoms in total. The molecule has 0 aromatic heterocycles. The number of carbonyl (C=O) groups is 1. The van der Waals surface area contributed by atoms with Gasteiger partial charge in [-0.3, -0.25) is 9.69 Å². The van der Waals surface area contributed by atoms with E-state index in [0.29, 0.717) is 16.6 Å². The Hall–Kier alpha value is -1.55. The molecule has 1 aliphatic rings. The quantitative estimate of drug-likeness (QED) is 0.672. The average Bonchev–Trinajstić information content (AvgIpc) is 2.66. The van der Waals surface area contributed by atoms with Gasteiger partial charge in [-0.2, -0.15) is 0 Å². The van der Waals surface area contributed by atoms with Gasteiger partial charge in [0, 0.05) is 41.4 Å². The first-order valence-electron chi connectivity index (χ1n) is 9.37. The lowest BCUT2D eigenvalue weighted by molar-refractivity contribution is -0.123. The predicted octanol–water partition coefficient (Wildman–Crippen LogP) is 5.49. The van der Waals surface area contributed by atoms with E-state index < -0.39 is 0 Å². The Morgan fingerprint density at radius 3 is 2.52 bits per heavy atom. The van der Waals surface area contributed by atoms with Crippen LogP contribution in [0.3, 0.4) is 0 Å². The Labute approximate surface area is 171 Å². The number of benzene rings is 2. The second kappa shape index (κ2) is 8.64. The number of aryl methyl sites for hydroxylation is 2. The summed E-state index contributed by atoms with van der Waals surface area (Å²) >= 11 is 12.6. The summed E-state index contributed by atoms with van der Waals surface area (Å²) in [6.45, 7) is 6.52. The fourth-order valence-electron chi connectivity index (χ4n) is 3.64. The van der Waals surface area contributed by atoms with E-state index in [9.17, 15) is 4.79 Å². The summed E-state index contributed by atoms with van der Waals surface area (Å²) in [6.07, 6.45) is 1.92. The number of halogens is 2. The minimum atomic E-state index is -0.00776. The van der Waals surface area contributed by atoms with Gasteiger partial charge in [-0.05, 0) is 68.6 Å².